The van der Waals surface area contributed by atoms with Crippen LogP contribution < -0.4 is 10.6 Å². The van der Waals surface area contributed by atoms with Crippen LogP contribution in [0.1, 0.15) is 30.7 Å². The molecule has 0 bridgehead atoms. The minimum absolute atomic E-state index is 0.248. The monoisotopic (exact) mass is 316 g/mol. The summed E-state index contributed by atoms with van der Waals surface area (Å²) < 4.78 is 7.10. The molecule has 0 atom stereocenters. The summed E-state index contributed by atoms with van der Waals surface area (Å²) in [7, 11) is 0. The number of morpholine rings is 1. The Labute approximate surface area is 136 Å². The molecule has 3 heterocycles. The Kier molecular flexibility index (Phi) is 4.93. The van der Waals surface area contributed by atoms with Crippen LogP contribution in [0.25, 0.3) is 5.52 Å². The molecule has 2 aromatic rings. The lowest BCUT2D eigenvalue weighted by Crippen LogP contribution is -2.48. The second-order valence-electron chi connectivity index (χ2n) is 6.09. The highest BCUT2D eigenvalue weighted by molar-refractivity contribution is 5.55. The van der Waals surface area contributed by atoms with Gasteiger partial charge in [0.25, 0.3) is 0 Å². The molecule has 4 rings (SSSR count). The molecule has 0 spiro atoms. The van der Waals surface area contributed by atoms with E-state index in [0.29, 0.717) is 0 Å². The molecule has 0 unspecified atom stereocenters. The smallest absolute Gasteiger partial charge is 0.207 e. The van der Waals surface area contributed by atoms with Crippen LogP contribution in [0.2, 0.25) is 0 Å². The number of amides is 1. The van der Waals surface area contributed by atoms with Crippen molar-refractivity contribution in [2.45, 2.75) is 31.7 Å². The third kappa shape index (κ3) is 3.23. The number of aromatic nitrogens is 2. The number of fused-ring (bicyclic) bond motifs is 1. The Bertz CT molecular complexity index is 648. The third-order valence-electron chi connectivity index (χ3n) is 4.60. The van der Waals surface area contributed by atoms with Gasteiger partial charge in [0.05, 0.1) is 30.5 Å². The van der Waals surface area contributed by atoms with Crippen molar-refractivity contribution in [3.05, 3.63) is 35.9 Å². The predicted molar refractivity (Wildman–Crippen MR) is 88.3 cm³/mol. The summed E-state index contributed by atoms with van der Waals surface area (Å²) in [5.41, 5.74) is 2.07. The van der Waals surface area contributed by atoms with Crippen molar-refractivity contribution in [2.24, 2.45) is 0 Å². The van der Waals surface area contributed by atoms with Crippen molar-refractivity contribution < 1.29 is 9.53 Å². The van der Waals surface area contributed by atoms with Crippen LogP contribution in [0, 0.1) is 6.92 Å². The number of carbonyl (C=O) groups excluding carboxylic acids is 1. The van der Waals surface area contributed by atoms with E-state index in [1.54, 1.807) is 0 Å². The number of aryl methyl sites for hydroxylation is 1. The fourth-order valence-electron chi connectivity index (χ4n) is 3.11. The SMILES string of the molecule is C1COCCN1.Cc1cccn2c(C3(NC=O)CCC3)ncc12. The van der Waals surface area contributed by atoms with Gasteiger partial charge in [0.15, 0.2) is 0 Å². The molecule has 1 saturated heterocycles. The molecule has 1 saturated carbocycles. The van der Waals surface area contributed by atoms with Crippen molar-refractivity contribution >= 4 is 11.9 Å². The lowest BCUT2D eigenvalue weighted by Gasteiger charge is -2.40. The lowest BCUT2D eigenvalue weighted by molar-refractivity contribution is -0.112. The molecule has 124 valence electrons. The summed E-state index contributed by atoms with van der Waals surface area (Å²) in [5, 5.41) is 6.11. The lowest BCUT2D eigenvalue weighted by atomic mass is 9.76. The first kappa shape index (κ1) is 16.0. The summed E-state index contributed by atoms with van der Waals surface area (Å²) in [6.07, 6.45) is 7.77. The first-order valence-corrected chi connectivity index (χ1v) is 8.20. The number of ether oxygens (including phenoxy) is 1. The maximum atomic E-state index is 10.8. The molecule has 2 aromatic heterocycles. The van der Waals surface area contributed by atoms with Crippen molar-refractivity contribution in [3.8, 4) is 0 Å². The number of carbonyl (C=O) groups is 1. The summed E-state index contributed by atoms with van der Waals surface area (Å²) in [5.74, 6) is 0.953. The van der Waals surface area contributed by atoms with E-state index >= 15 is 0 Å². The molecule has 6 heteroatoms. The van der Waals surface area contributed by atoms with Gasteiger partial charge in [-0.2, -0.15) is 0 Å². The van der Waals surface area contributed by atoms with Gasteiger partial charge in [-0.15, -0.1) is 0 Å². The largest absolute Gasteiger partial charge is 0.379 e. The van der Waals surface area contributed by atoms with Gasteiger partial charge in [0, 0.05) is 19.3 Å². The summed E-state index contributed by atoms with van der Waals surface area (Å²) in [6, 6.07) is 4.09. The molecule has 2 aliphatic rings. The van der Waals surface area contributed by atoms with Gasteiger partial charge >= 0.3 is 0 Å². The zero-order chi connectivity index (χ0) is 16.1. The zero-order valence-corrected chi connectivity index (χ0v) is 13.5. The first-order chi connectivity index (χ1) is 11.3. The molecule has 1 aliphatic carbocycles. The Morgan fingerprint density at radius 3 is 2.70 bits per heavy atom. The van der Waals surface area contributed by atoms with Gasteiger partial charge < -0.3 is 19.8 Å². The van der Waals surface area contributed by atoms with E-state index in [1.165, 1.54) is 5.56 Å². The van der Waals surface area contributed by atoms with E-state index < -0.39 is 0 Å². The van der Waals surface area contributed by atoms with Gasteiger partial charge in [-0.05, 0) is 37.8 Å². The summed E-state index contributed by atoms with van der Waals surface area (Å²) in [6.45, 7) is 5.90. The highest BCUT2D eigenvalue weighted by Gasteiger charge is 2.41. The van der Waals surface area contributed by atoms with Crippen LogP contribution in [0.15, 0.2) is 24.5 Å². The van der Waals surface area contributed by atoms with Gasteiger partial charge in [-0.1, -0.05) is 6.07 Å². The number of nitrogens with one attached hydrogen (secondary N) is 2. The van der Waals surface area contributed by atoms with E-state index in [4.69, 9.17) is 4.74 Å². The molecule has 2 fully saturated rings. The third-order valence-corrected chi connectivity index (χ3v) is 4.60. The number of hydrogen-bond acceptors (Lipinski definition) is 4. The van der Waals surface area contributed by atoms with E-state index in [-0.39, 0.29) is 5.54 Å². The molecule has 23 heavy (non-hydrogen) atoms. The van der Waals surface area contributed by atoms with Crippen molar-refractivity contribution in [2.75, 3.05) is 26.3 Å². The fraction of sp³-hybridized carbons (Fsp3) is 0.529. The number of hydrogen-bond donors (Lipinski definition) is 2. The van der Waals surface area contributed by atoms with Crippen LogP contribution in [-0.2, 0) is 15.1 Å². The highest BCUT2D eigenvalue weighted by Crippen LogP contribution is 2.40. The van der Waals surface area contributed by atoms with Gasteiger partial charge in [-0.25, -0.2) is 4.98 Å². The first-order valence-electron chi connectivity index (χ1n) is 8.20. The molecule has 1 amide bonds. The Morgan fingerprint density at radius 2 is 2.17 bits per heavy atom. The van der Waals surface area contributed by atoms with Crippen molar-refractivity contribution in [3.63, 3.8) is 0 Å². The minimum atomic E-state index is -0.248. The maximum absolute atomic E-state index is 10.8. The summed E-state index contributed by atoms with van der Waals surface area (Å²) in [4.78, 5) is 15.3. The number of imidazole rings is 1. The number of nitrogens with zero attached hydrogens (tertiary/aromatic N) is 2. The van der Waals surface area contributed by atoms with Crippen LogP contribution >= 0.6 is 0 Å². The van der Waals surface area contributed by atoms with E-state index in [0.717, 1.165) is 63.3 Å². The normalized spacial score (nSPS) is 19.3. The fourth-order valence-corrected chi connectivity index (χ4v) is 3.11. The average molecular weight is 316 g/mol. The molecule has 0 radical (unpaired) electrons. The molecular weight excluding hydrogens is 292 g/mol. The van der Waals surface area contributed by atoms with Gasteiger partial charge in [0.2, 0.25) is 6.41 Å². The molecule has 1 aliphatic heterocycles. The average Bonchev–Trinajstić information content (AvgIpc) is 2.99. The zero-order valence-electron chi connectivity index (χ0n) is 13.5. The Balaban J connectivity index is 0.000000220. The summed E-state index contributed by atoms with van der Waals surface area (Å²) >= 11 is 0. The van der Waals surface area contributed by atoms with Gasteiger partial charge in [0.1, 0.15) is 5.82 Å². The van der Waals surface area contributed by atoms with E-state index in [9.17, 15) is 4.79 Å². The molecular formula is C17H24N4O2. The van der Waals surface area contributed by atoms with Crippen molar-refractivity contribution in [1.82, 2.24) is 20.0 Å². The van der Waals surface area contributed by atoms with Gasteiger partial charge in [-0.3, -0.25) is 4.79 Å². The van der Waals surface area contributed by atoms with Crippen LogP contribution in [0.3, 0.4) is 0 Å². The topological polar surface area (TPSA) is 67.7 Å². The molecule has 0 aromatic carbocycles. The second kappa shape index (κ2) is 7.10. The van der Waals surface area contributed by atoms with Crippen LogP contribution in [-0.4, -0.2) is 42.1 Å². The number of rotatable bonds is 3. The Morgan fingerprint density at radius 1 is 1.39 bits per heavy atom. The van der Waals surface area contributed by atoms with E-state index in [2.05, 4.69) is 33.0 Å². The standard InChI is InChI=1S/C13H15N3O.C4H9NO/c1-10-4-2-7-16-11(10)8-14-12(16)13(15-9-17)5-3-6-13;1-3-6-4-2-5-1/h2,4,7-9H,3,5-6H2,1H3,(H,15,17);5H,1-4H2. The maximum Gasteiger partial charge on any atom is 0.207 e. The molecule has 6 nitrogen and oxygen atoms in total. The predicted octanol–water partition coefficient (Wildman–Crippen LogP) is 1.37. The van der Waals surface area contributed by atoms with Crippen LogP contribution in [0.5, 0.6) is 0 Å². The Hall–Kier alpha value is -1.92. The van der Waals surface area contributed by atoms with Crippen molar-refractivity contribution in [1.29, 1.82) is 0 Å². The molecule has 2 N–H and O–H groups in total. The van der Waals surface area contributed by atoms with E-state index in [1.807, 2.05) is 18.5 Å². The minimum Gasteiger partial charge on any atom is -0.379 e. The highest BCUT2D eigenvalue weighted by atomic mass is 16.5. The van der Waals surface area contributed by atoms with Crippen LogP contribution in [0.4, 0.5) is 0 Å². The number of pyridine rings is 1. The quantitative estimate of drug-likeness (QED) is 0.840. The second-order valence-corrected chi connectivity index (χ2v) is 6.09.